The molecule has 0 fully saturated rings. The zero-order valence-electron chi connectivity index (χ0n) is 12.7. The van der Waals surface area contributed by atoms with Crippen molar-refractivity contribution in [3.05, 3.63) is 0 Å². The monoisotopic (exact) mass is 392 g/mol. The summed E-state index contributed by atoms with van der Waals surface area (Å²) >= 11 is 0. The molecule has 0 bridgehead atoms. The summed E-state index contributed by atoms with van der Waals surface area (Å²) in [4.78, 5) is 43.4. The van der Waals surface area contributed by atoms with Crippen molar-refractivity contribution in [1.29, 1.82) is 0 Å². The second-order valence-electron chi connectivity index (χ2n) is 3.91. The molecule has 0 N–H and O–H groups in total. The van der Waals surface area contributed by atoms with Gasteiger partial charge in [-0.3, -0.25) is 9.80 Å². The van der Waals surface area contributed by atoms with Crippen molar-refractivity contribution >= 4 is 23.9 Å². The van der Waals surface area contributed by atoms with Crippen LogP contribution in [0.4, 0.5) is 0 Å². The SMILES string of the molecule is O=C([O-])CN(CCN(CC(=O)[O-])CC(=O)[O-])CC(=O)[O-].[Na+].[Na+].[Ni+2]. The van der Waals surface area contributed by atoms with Gasteiger partial charge in [0.05, 0.1) is 23.9 Å². The van der Waals surface area contributed by atoms with Gasteiger partial charge in [0.1, 0.15) is 0 Å². The van der Waals surface area contributed by atoms with Crippen LogP contribution in [-0.2, 0) is 35.7 Å². The average Bonchev–Trinajstić information content (AvgIpc) is 2.22. The molecule has 0 aliphatic carbocycles. The van der Waals surface area contributed by atoms with E-state index in [0.717, 1.165) is 9.80 Å². The molecule has 0 heterocycles. The summed E-state index contributed by atoms with van der Waals surface area (Å²) in [6, 6.07) is 0. The predicted molar refractivity (Wildman–Crippen MR) is 52.9 cm³/mol. The van der Waals surface area contributed by atoms with Crippen LogP contribution in [0.1, 0.15) is 0 Å². The Morgan fingerprint density at radius 3 is 0.870 bits per heavy atom. The molecule has 13 heteroatoms. The molecule has 0 unspecified atom stereocenters. The van der Waals surface area contributed by atoms with Crippen molar-refractivity contribution in [2.45, 2.75) is 0 Å². The topological polar surface area (TPSA) is 167 Å². The van der Waals surface area contributed by atoms with Gasteiger partial charge in [-0.2, -0.15) is 0 Å². The number of hydrogen-bond acceptors (Lipinski definition) is 10. The summed E-state index contributed by atoms with van der Waals surface area (Å²) < 4.78 is 0. The fourth-order valence-corrected chi connectivity index (χ4v) is 1.44. The first-order valence-corrected chi connectivity index (χ1v) is 5.44. The number of carbonyl (C=O) groups excluding carboxylic acids is 4. The second-order valence-corrected chi connectivity index (χ2v) is 3.91. The van der Waals surface area contributed by atoms with Gasteiger partial charge >= 0.3 is 75.6 Å². The molecule has 0 aromatic heterocycles. The minimum Gasteiger partial charge on any atom is -0.549 e. The molecule has 0 radical (unpaired) electrons. The standard InChI is InChI=1S/C10H16N2O8.2Na.Ni/c13-7(14)3-11(4-8(15)16)1-2-12(5-9(17)18)6-10(19)20;;;/h1-6H2,(H,13,14)(H,15,16)(H,17,18)(H,19,20);;;/q;2*+1;+2/p-4. The maximum absolute atomic E-state index is 10.4. The largest absolute Gasteiger partial charge is 2.00 e. The van der Waals surface area contributed by atoms with Crippen LogP contribution in [0.2, 0.25) is 0 Å². The number of nitrogens with zero attached hydrogens (tertiary/aromatic N) is 2. The normalized spacial score (nSPS) is 9.30. The minimum atomic E-state index is -1.53. The summed E-state index contributed by atoms with van der Waals surface area (Å²) in [5, 5.41) is 41.6. The van der Waals surface area contributed by atoms with Gasteiger partial charge in [-0.05, 0) is 0 Å². The average molecular weight is 393 g/mol. The Kier molecular flexibility index (Phi) is 23.2. The van der Waals surface area contributed by atoms with Crippen molar-refractivity contribution in [3.63, 3.8) is 0 Å². The Morgan fingerprint density at radius 2 is 0.739 bits per heavy atom. The van der Waals surface area contributed by atoms with E-state index in [1.807, 2.05) is 0 Å². The predicted octanol–water partition coefficient (Wildman–Crippen LogP) is -13.4. The molecule has 0 saturated heterocycles. The molecule has 0 saturated carbocycles. The summed E-state index contributed by atoms with van der Waals surface area (Å²) in [7, 11) is 0. The molecule has 0 aromatic carbocycles. The Hall–Kier alpha value is 0.294. The van der Waals surface area contributed by atoms with Crippen LogP contribution in [0.15, 0.2) is 0 Å². The van der Waals surface area contributed by atoms with E-state index in [1.54, 1.807) is 0 Å². The minimum absolute atomic E-state index is 0. The van der Waals surface area contributed by atoms with Gasteiger partial charge in [0.15, 0.2) is 0 Å². The zero-order valence-corrected chi connectivity index (χ0v) is 17.7. The van der Waals surface area contributed by atoms with E-state index in [4.69, 9.17) is 0 Å². The Bertz CT molecular complexity index is 331. The number of hydrogen-bond donors (Lipinski definition) is 0. The third kappa shape index (κ3) is 20.2. The van der Waals surface area contributed by atoms with Gasteiger partial charge in [-0.25, -0.2) is 0 Å². The molecular formula is C10H12N2Na2NiO8. The van der Waals surface area contributed by atoms with Crippen LogP contribution in [0.3, 0.4) is 0 Å². The quantitative estimate of drug-likeness (QED) is 0.308. The molecule has 0 amide bonds. The van der Waals surface area contributed by atoms with E-state index < -0.39 is 50.1 Å². The van der Waals surface area contributed by atoms with Crippen LogP contribution in [-0.4, -0.2) is 72.9 Å². The van der Waals surface area contributed by atoms with Crippen molar-refractivity contribution < 1.29 is 115 Å². The van der Waals surface area contributed by atoms with Crippen LogP contribution in [0, 0.1) is 0 Å². The van der Waals surface area contributed by atoms with Crippen molar-refractivity contribution in [2.24, 2.45) is 0 Å². The van der Waals surface area contributed by atoms with Gasteiger partial charge in [0.25, 0.3) is 0 Å². The number of carboxylic acid groups (broad SMARTS) is 4. The van der Waals surface area contributed by atoms with E-state index in [2.05, 4.69) is 0 Å². The second kappa shape index (κ2) is 17.1. The first kappa shape index (κ1) is 31.1. The van der Waals surface area contributed by atoms with Crippen LogP contribution >= 0.6 is 0 Å². The number of aliphatic carboxylic acids is 4. The van der Waals surface area contributed by atoms with Gasteiger partial charge in [-0.15, -0.1) is 0 Å². The van der Waals surface area contributed by atoms with E-state index in [-0.39, 0.29) is 88.7 Å². The number of rotatable bonds is 11. The smallest absolute Gasteiger partial charge is 0.549 e. The molecule has 0 rings (SSSR count). The van der Waals surface area contributed by atoms with Crippen LogP contribution < -0.4 is 79.5 Å². The fraction of sp³-hybridized carbons (Fsp3) is 0.600. The Morgan fingerprint density at radius 1 is 0.565 bits per heavy atom. The Labute approximate surface area is 186 Å². The molecule has 23 heavy (non-hydrogen) atoms. The summed E-state index contributed by atoms with van der Waals surface area (Å²) in [5.74, 6) is -6.12. The van der Waals surface area contributed by atoms with Gasteiger partial charge in [0.2, 0.25) is 0 Å². The van der Waals surface area contributed by atoms with E-state index in [1.165, 1.54) is 0 Å². The molecule has 0 atom stereocenters. The van der Waals surface area contributed by atoms with Gasteiger partial charge < -0.3 is 39.6 Å². The molecule has 0 spiro atoms. The van der Waals surface area contributed by atoms with Crippen LogP contribution in [0.5, 0.6) is 0 Å². The number of carbonyl (C=O) groups is 4. The molecule has 0 aliphatic heterocycles. The molecule has 0 aromatic rings. The van der Waals surface area contributed by atoms with Gasteiger partial charge in [-0.1, -0.05) is 0 Å². The maximum Gasteiger partial charge on any atom is 2.00 e. The summed E-state index contributed by atoms with van der Waals surface area (Å²) in [6.45, 7) is -3.25. The third-order valence-electron chi connectivity index (χ3n) is 2.14. The van der Waals surface area contributed by atoms with E-state index in [0.29, 0.717) is 0 Å². The van der Waals surface area contributed by atoms with Crippen molar-refractivity contribution in [3.8, 4) is 0 Å². The molecular weight excluding hydrogens is 381 g/mol. The van der Waals surface area contributed by atoms with E-state index in [9.17, 15) is 39.6 Å². The summed E-state index contributed by atoms with van der Waals surface area (Å²) in [6.07, 6.45) is 0. The number of carboxylic acids is 4. The van der Waals surface area contributed by atoms with Crippen molar-refractivity contribution in [2.75, 3.05) is 39.3 Å². The molecule has 122 valence electrons. The maximum atomic E-state index is 10.4. The molecule has 0 aliphatic rings. The fourth-order valence-electron chi connectivity index (χ4n) is 1.44. The zero-order chi connectivity index (χ0) is 15.7. The third-order valence-corrected chi connectivity index (χ3v) is 2.14. The first-order chi connectivity index (χ1) is 9.20. The first-order valence-electron chi connectivity index (χ1n) is 5.44. The molecule has 10 nitrogen and oxygen atoms in total. The Balaban J connectivity index is -0.000000602. The summed E-state index contributed by atoms with van der Waals surface area (Å²) in [5.41, 5.74) is 0. The van der Waals surface area contributed by atoms with E-state index >= 15 is 0 Å². The van der Waals surface area contributed by atoms with Gasteiger partial charge in [0, 0.05) is 39.3 Å². The van der Waals surface area contributed by atoms with Crippen molar-refractivity contribution in [1.82, 2.24) is 9.80 Å². The van der Waals surface area contributed by atoms with Crippen LogP contribution in [0.25, 0.3) is 0 Å².